The number of fused-ring (bicyclic) bond motifs is 1. The molecule has 0 bridgehead atoms. The van der Waals surface area contributed by atoms with Crippen molar-refractivity contribution in [3.63, 3.8) is 0 Å². The minimum atomic E-state index is -0.438. The molecule has 1 aliphatic heterocycles. The summed E-state index contributed by atoms with van der Waals surface area (Å²) in [5.74, 6) is 0. The zero-order valence-corrected chi connectivity index (χ0v) is 12.6. The third kappa shape index (κ3) is 3.39. The Morgan fingerprint density at radius 1 is 1.21 bits per heavy atom. The first-order chi connectivity index (χ1) is 8.78. The lowest BCUT2D eigenvalue weighted by molar-refractivity contribution is -0.0263. The van der Waals surface area contributed by atoms with E-state index >= 15 is 0 Å². The highest BCUT2D eigenvalue weighted by molar-refractivity contribution is 5.69. The minimum Gasteiger partial charge on any atom is -0.444 e. The van der Waals surface area contributed by atoms with E-state index in [1.165, 1.54) is 0 Å². The Kier molecular flexibility index (Phi) is 4.06. The van der Waals surface area contributed by atoms with Crippen molar-refractivity contribution in [2.45, 2.75) is 63.8 Å². The largest absolute Gasteiger partial charge is 0.444 e. The Balaban J connectivity index is 2.09. The van der Waals surface area contributed by atoms with Crippen molar-refractivity contribution < 1.29 is 9.53 Å². The van der Waals surface area contributed by atoms with E-state index in [1.807, 2.05) is 25.7 Å². The fourth-order valence-corrected chi connectivity index (χ4v) is 3.16. The van der Waals surface area contributed by atoms with Gasteiger partial charge in [-0.15, -0.1) is 0 Å². The second-order valence-electron chi connectivity index (χ2n) is 6.86. The SMILES string of the molecule is CN1CCN(C(=O)OC(C)(C)C)C2CC(N)CCC21. The van der Waals surface area contributed by atoms with E-state index in [2.05, 4.69) is 11.9 Å². The molecule has 1 saturated carbocycles. The average Bonchev–Trinajstić information content (AvgIpc) is 2.26. The van der Waals surface area contributed by atoms with Crippen LogP contribution in [0, 0.1) is 0 Å². The molecule has 1 aliphatic carbocycles. The molecule has 0 aromatic heterocycles. The zero-order chi connectivity index (χ0) is 14.2. The number of likely N-dealkylation sites (N-methyl/N-ethyl adjacent to an activating group) is 1. The summed E-state index contributed by atoms with van der Waals surface area (Å²) >= 11 is 0. The molecule has 0 spiro atoms. The Bertz CT molecular complexity index is 340. The highest BCUT2D eigenvalue weighted by Gasteiger charge is 2.41. The fraction of sp³-hybridized carbons (Fsp3) is 0.929. The summed E-state index contributed by atoms with van der Waals surface area (Å²) in [5, 5.41) is 0. The summed E-state index contributed by atoms with van der Waals surface area (Å²) in [4.78, 5) is 16.6. The molecule has 5 nitrogen and oxygen atoms in total. The monoisotopic (exact) mass is 269 g/mol. The van der Waals surface area contributed by atoms with Gasteiger partial charge >= 0.3 is 6.09 Å². The van der Waals surface area contributed by atoms with Gasteiger partial charge in [-0.2, -0.15) is 0 Å². The lowest BCUT2D eigenvalue weighted by Gasteiger charge is -2.49. The van der Waals surface area contributed by atoms with Crippen molar-refractivity contribution in [2.24, 2.45) is 5.73 Å². The van der Waals surface area contributed by atoms with Crippen LogP contribution in [0.3, 0.4) is 0 Å². The Labute approximate surface area is 116 Å². The highest BCUT2D eigenvalue weighted by Crippen LogP contribution is 2.30. The molecule has 2 aliphatic rings. The van der Waals surface area contributed by atoms with E-state index in [0.717, 1.165) is 32.4 Å². The van der Waals surface area contributed by atoms with Gasteiger partial charge in [0.2, 0.25) is 0 Å². The third-order valence-electron chi connectivity index (χ3n) is 4.11. The van der Waals surface area contributed by atoms with E-state index in [1.54, 1.807) is 0 Å². The Hall–Kier alpha value is -0.810. The number of hydrogen-bond donors (Lipinski definition) is 1. The quantitative estimate of drug-likeness (QED) is 0.722. The smallest absolute Gasteiger partial charge is 0.410 e. The zero-order valence-electron chi connectivity index (χ0n) is 12.6. The predicted molar refractivity (Wildman–Crippen MR) is 75.0 cm³/mol. The van der Waals surface area contributed by atoms with Crippen LogP contribution in [-0.4, -0.2) is 59.8 Å². The summed E-state index contributed by atoms with van der Waals surface area (Å²) in [6.45, 7) is 7.37. The van der Waals surface area contributed by atoms with Gasteiger partial charge < -0.3 is 15.4 Å². The number of piperazine rings is 1. The second kappa shape index (κ2) is 5.29. The van der Waals surface area contributed by atoms with E-state index < -0.39 is 5.60 Å². The number of amides is 1. The second-order valence-corrected chi connectivity index (χ2v) is 6.86. The predicted octanol–water partition coefficient (Wildman–Crippen LogP) is 1.42. The van der Waals surface area contributed by atoms with Crippen LogP contribution in [0.2, 0.25) is 0 Å². The number of rotatable bonds is 0. The molecule has 2 N–H and O–H groups in total. The number of nitrogens with zero attached hydrogens (tertiary/aromatic N) is 2. The van der Waals surface area contributed by atoms with Gasteiger partial charge in [-0.05, 0) is 47.1 Å². The van der Waals surface area contributed by atoms with Crippen LogP contribution in [-0.2, 0) is 4.74 Å². The molecule has 0 radical (unpaired) electrons. The number of nitrogens with two attached hydrogens (primary N) is 1. The van der Waals surface area contributed by atoms with Crippen molar-refractivity contribution >= 4 is 6.09 Å². The maximum atomic E-state index is 12.3. The molecule has 2 rings (SSSR count). The summed E-state index contributed by atoms with van der Waals surface area (Å²) < 4.78 is 5.52. The maximum Gasteiger partial charge on any atom is 0.410 e. The number of hydrogen-bond acceptors (Lipinski definition) is 4. The lowest BCUT2D eigenvalue weighted by atomic mass is 9.84. The van der Waals surface area contributed by atoms with Gasteiger partial charge in [0.1, 0.15) is 5.60 Å². The molecule has 3 atom stereocenters. The van der Waals surface area contributed by atoms with E-state index in [4.69, 9.17) is 10.5 Å². The van der Waals surface area contributed by atoms with Crippen LogP contribution in [0.4, 0.5) is 4.79 Å². The van der Waals surface area contributed by atoms with Gasteiger partial charge in [-0.3, -0.25) is 4.90 Å². The normalized spacial score (nSPS) is 32.9. The molecule has 1 heterocycles. The summed E-state index contributed by atoms with van der Waals surface area (Å²) in [7, 11) is 2.14. The van der Waals surface area contributed by atoms with Gasteiger partial charge in [0, 0.05) is 25.2 Å². The van der Waals surface area contributed by atoms with Crippen LogP contribution < -0.4 is 5.73 Å². The van der Waals surface area contributed by atoms with Crippen molar-refractivity contribution in [3.05, 3.63) is 0 Å². The first-order valence-electron chi connectivity index (χ1n) is 7.23. The number of ether oxygens (including phenoxy) is 1. The van der Waals surface area contributed by atoms with Gasteiger partial charge in [0.05, 0.1) is 6.04 Å². The maximum absolute atomic E-state index is 12.3. The average molecular weight is 269 g/mol. The van der Waals surface area contributed by atoms with Crippen LogP contribution in [0.25, 0.3) is 0 Å². The van der Waals surface area contributed by atoms with Gasteiger partial charge in [-0.1, -0.05) is 0 Å². The van der Waals surface area contributed by atoms with E-state index in [-0.39, 0.29) is 18.2 Å². The topological polar surface area (TPSA) is 58.8 Å². The molecule has 1 saturated heterocycles. The molecule has 2 fully saturated rings. The van der Waals surface area contributed by atoms with Crippen molar-refractivity contribution in [2.75, 3.05) is 20.1 Å². The third-order valence-corrected chi connectivity index (χ3v) is 4.11. The summed E-state index contributed by atoms with van der Waals surface area (Å²) in [6, 6.07) is 0.844. The standard InChI is InChI=1S/C14H27N3O2/c1-14(2,3)19-13(18)17-8-7-16(4)11-6-5-10(15)9-12(11)17/h10-12H,5-9,15H2,1-4H3. The molecular weight excluding hydrogens is 242 g/mol. The first-order valence-corrected chi connectivity index (χ1v) is 7.23. The molecule has 1 amide bonds. The van der Waals surface area contributed by atoms with Crippen molar-refractivity contribution in [1.82, 2.24) is 9.80 Å². The van der Waals surface area contributed by atoms with E-state index in [0.29, 0.717) is 6.04 Å². The minimum absolute atomic E-state index is 0.190. The number of carbonyl (C=O) groups is 1. The molecule has 5 heteroatoms. The van der Waals surface area contributed by atoms with Crippen LogP contribution in [0.1, 0.15) is 40.0 Å². The van der Waals surface area contributed by atoms with Crippen LogP contribution >= 0.6 is 0 Å². The van der Waals surface area contributed by atoms with Gasteiger partial charge in [-0.25, -0.2) is 4.79 Å². The fourth-order valence-electron chi connectivity index (χ4n) is 3.16. The Morgan fingerprint density at radius 2 is 1.89 bits per heavy atom. The molecule has 110 valence electrons. The van der Waals surface area contributed by atoms with Crippen molar-refractivity contribution in [1.29, 1.82) is 0 Å². The Morgan fingerprint density at radius 3 is 2.53 bits per heavy atom. The first kappa shape index (κ1) is 14.6. The molecule has 19 heavy (non-hydrogen) atoms. The van der Waals surface area contributed by atoms with Crippen molar-refractivity contribution in [3.8, 4) is 0 Å². The molecule has 0 aromatic carbocycles. The van der Waals surface area contributed by atoms with E-state index in [9.17, 15) is 4.79 Å². The van der Waals surface area contributed by atoms with Gasteiger partial charge in [0.25, 0.3) is 0 Å². The summed E-state index contributed by atoms with van der Waals surface area (Å²) in [6.07, 6.45) is 2.81. The number of carbonyl (C=O) groups excluding carboxylic acids is 1. The van der Waals surface area contributed by atoms with Gasteiger partial charge in [0.15, 0.2) is 0 Å². The summed E-state index contributed by atoms with van der Waals surface area (Å²) in [5.41, 5.74) is 5.64. The van der Waals surface area contributed by atoms with Crippen LogP contribution in [0.15, 0.2) is 0 Å². The molecule has 3 unspecified atom stereocenters. The molecular formula is C14H27N3O2. The lowest BCUT2D eigenvalue weighted by Crippen LogP contribution is -2.63. The highest BCUT2D eigenvalue weighted by atomic mass is 16.6. The molecule has 0 aromatic rings. The van der Waals surface area contributed by atoms with Crippen LogP contribution in [0.5, 0.6) is 0 Å².